The van der Waals surface area contributed by atoms with Gasteiger partial charge >= 0.3 is 5.97 Å². The smallest absolute Gasteiger partial charge is 0.331 e. The fourth-order valence-electron chi connectivity index (χ4n) is 1.98. The third-order valence-electron chi connectivity index (χ3n) is 3.14. The zero-order valence-corrected chi connectivity index (χ0v) is 12.9. The first kappa shape index (κ1) is 14.9. The summed E-state index contributed by atoms with van der Waals surface area (Å²) in [6.45, 7) is 0.175. The number of rotatable bonds is 4. The van der Waals surface area contributed by atoms with Crippen molar-refractivity contribution in [3.05, 3.63) is 70.7 Å². The molecule has 4 nitrogen and oxygen atoms in total. The van der Waals surface area contributed by atoms with Gasteiger partial charge in [-0.1, -0.05) is 24.3 Å². The predicted octanol–water partition coefficient (Wildman–Crippen LogP) is 3.92. The number of hydrogen-bond donors (Lipinski definition) is 0. The summed E-state index contributed by atoms with van der Waals surface area (Å²) in [5, 5.41) is 9.49. The van der Waals surface area contributed by atoms with Gasteiger partial charge in [0.1, 0.15) is 11.6 Å². The van der Waals surface area contributed by atoms with Crippen LogP contribution < -0.4 is 0 Å². The molecule has 0 amide bonds. The van der Waals surface area contributed by atoms with E-state index < -0.39 is 5.97 Å². The molecule has 3 aromatic rings. The maximum Gasteiger partial charge on any atom is 0.331 e. The minimum Gasteiger partial charge on any atom is -0.458 e. The van der Waals surface area contributed by atoms with Gasteiger partial charge in [-0.05, 0) is 35.9 Å². The van der Waals surface area contributed by atoms with Crippen LogP contribution in [0.5, 0.6) is 0 Å². The number of fused-ring (bicyclic) bond motifs is 1. The van der Waals surface area contributed by atoms with E-state index in [9.17, 15) is 4.79 Å². The van der Waals surface area contributed by atoms with Gasteiger partial charge in [-0.2, -0.15) is 5.26 Å². The summed E-state index contributed by atoms with van der Waals surface area (Å²) in [6, 6.07) is 16.8. The van der Waals surface area contributed by atoms with Gasteiger partial charge in [0.05, 0.1) is 21.8 Å². The third-order valence-corrected chi connectivity index (χ3v) is 4.14. The molecule has 0 unspecified atom stereocenters. The summed E-state index contributed by atoms with van der Waals surface area (Å²) in [5.74, 6) is -0.423. The molecule has 0 saturated heterocycles. The fraction of sp³-hybridized carbons (Fsp3) is 0.0556. The van der Waals surface area contributed by atoms with E-state index in [2.05, 4.69) is 4.98 Å². The Morgan fingerprint density at radius 1 is 1.22 bits per heavy atom. The van der Waals surface area contributed by atoms with Crippen LogP contribution in [0.25, 0.3) is 16.3 Å². The summed E-state index contributed by atoms with van der Waals surface area (Å²) >= 11 is 1.52. The average Bonchev–Trinajstić information content (AvgIpc) is 3.01. The molecular formula is C18H12N2O2S. The molecule has 23 heavy (non-hydrogen) atoms. The van der Waals surface area contributed by atoms with E-state index in [4.69, 9.17) is 10.00 Å². The number of ether oxygens (including phenoxy) is 1. The number of esters is 1. The molecule has 0 aliphatic carbocycles. The maximum atomic E-state index is 11.7. The summed E-state index contributed by atoms with van der Waals surface area (Å²) in [7, 11) is 0. The molecule has 2 aromatic carbocycles. The highest BCUT2D eigenvalue weighted by Crippen LogP contribution is 2.22. The van der Waals surface area contributed by atoms with Crippen LogP contribution in [0.1, 0.15) is 16.1 Å². The molecule has 0 bridgehead atoms. The summed E-state index contributed by atoms with van der Waals surface area (Å²) in [5.41, 5.74) is 2.34. The Morgan fingerprint density at radius 3 is 2.74 bits per heavy atom. The van der Waals surface area contributed by atoms with E-state index >= 15 is 0 Å². The number of aromatic nitrogens is 1. The normalized spacial score (nSPS) is 10.7. The Labute approximate surface area is 137 Å². The lowest BCUT2D eigenvalue weighted by atomic mass is 10.2. The first-order valence-electron chi connectivity index (χ1n) is 6.94. The quantitative estimate of drug-likeness (QED) is 0.540. The van der Waals surface area contributed by atoms with Gasteiger partial charge in [0.25, 0.3) is 0 Å². The zero-order valence-electron chi connectivity index (χ0n) is 12.1. The van der Waals surface area contributed by atoms with Crippen LogP contribution >= 0.6 is 11.3 Å². The lowest BCUT2D eigenvalue weighted by Crippen LogP contribution is -2.00. The van der Waals surface area contributed by atoms with E-state index in [1.807, 2.05) is 30.3 Å². The number of carbonyl (C=O) groups excluding carboxylic acids is 1. The minimum atomic E-state index is -0.423. The van der Waals surface area contributed by atoms with E-state index in [1.165, 1.54) is 17.4 Å². The van der Waals surface area contributed by atoms with Gasteiger partial charge in [0.2, 0.25) is 0 Å². The van der Waals surface area contributed by atoms with E-state index in [0.29, 0.717) is 5.56 Å². The van der Waals surface area contributed by atoms with Gasteiger partial charge in [-0.3, -0.25) is 0 Å². The zero-order chi connectivity index (χ0) is 16.1. The Hall–Kier alpha value is -2.97. The Morgan fingerprint density at radius 2 is 2.00 bits per heavy atom. The van der Waals surface area contributed by atoms with Crippen LogP contribution in [-0.4, -0.2) is 11.0 Å². The molecule has 0 fully saturated rings. The van der Waals surface area contributed by atoms with Gasteiger partial charge < -0.3 is 4.74 Å². The number of hydrogen-bond acceptors (Lipinski definition) is 5. The van der Waals surface area contributed by atoms with Crippen molar-refractivity contribution < 1.29 is 9.53 Å². The van der Waals surface area contributed by atoms with Gasteiger partial charge in [0, 0.05) is 6.08 Å². The lowest BCUT2D eigenvalue weighted by Gasteiger charge is -2.01. The molecule has 1 heterocycles. The molecule has 0 aliphatic heterocycles. The maximum absolute atomic E-state index is 11.7. The molecule has 0 N–H and O–H groups in total. The Bertz CT molecular complexity index is 872. The van der Waals surface area contributed by atoms with Gasteiger partial charge in [-0.25, -0.2) is 9.78 Å². The van der Waals surface area contributed by atoms with Crippen LogP contribution in [0.15, 0.2) is 54.6 Å². The molecule has 5 heteroatoms. The van der Waals surface area contributed by atoms with Crippen LogP contribution in [-0.2, 0) is 16.1 Å². The van der Waals surface area contributed by atoms with E-state index in [0.717, 1.165) is 20.8 Å². The topological polar surface area (TPSA) is 63.0 Å². The minimum absolute atomic E-state index is 0.175. The molecule has 0 saturated carbocycles. The molecule has 112 valence electrons. The molecule has 0 atom stereocenters. The van der Waals surface area contributed by atoms with Crippen molar-refractivity contribution in [2.45, 2.75) is 6.61 Å². The summed E-state index contributed by atoms with van der Waals surface area (Å²) in [4.78, 5) is 16.2. The average molecular weight is 320 g/mol. The van der Waals surface area contributed by atoms with E-state index in [-0.39, 0.29) is 6.61 Å². The van der Waals surface area contributed by atoms with Crippen LogP contribution in [0, 0.1) is 11.3 Å². The largest absolute Gasteiger partial charge is 0.458 e. The second kappa shape index (κ2) is 6.86. The molecule has 3 rings (SSSR count). The highest BCUT2D eigenvalue weighted by atomic mass is 32.1. The van der Waals surface area contributed by atoms with Crippen molar-refractivity contribution in [3.63, 3.8) is 0 Å². The number of benzene rings is 2. The van der Waals surface area contributed by atoms with E-state index in [1.54, 1.807) is 30.3 Å². The van der Waals surface area contributed by atoms with Crippen LogP contribution in [0.2, 0.25) is 0 Å². The summed E-state index contributed by atoms with van der Waals surface area (Å²) in [6.07, 6.45) is 3.03. The molecule has 1 aromatic heterocycles. The number of thiazole rings is 1. The highest BCUT2D eigenvalue weighted by molar-refractivity contribution is 7.19. The molecule has 0 aliphatic rings. The van der Waals surface area contributed by atoms with Crippen molar-refractivity contribution in [2.75, 3.05) is 0 Å². The Balaban J connectivity index is 1.59. The molecule has 0 spiro atoms. The monoisotopic (exact) mass is 320 g/mol. The first-order chi connectivity index (χ1) is 11.2. The third kappa shape index (κ3) is 3.82. The van der Waals surface area contributed by atoms with Gasteiger partial charge in [0.15, 0.2) is 0 Å². The highest BCUT2D eigenvalue weighted by Gasteiger charge is 2.02. The van der Waals surface area contributed by atoms with Gasteiger partial charge in [-0.15, -0.1) is 11.3 Å². The van der Waals surface area contributed by atoms with Crippen LogP contribution in [0.4, 0.5) is 0 Å². The van der Waals surface area contributed by atoms with Crippen molar-refractivity contribution in [2.24, 2.45) is 0 Å². The Kier molecular flexibility index (Phi) is 4.46. The lowest BCUT2D eigenvalue weighted by molar-refractivity contribution is -0.138. The number of nitriles is 1. The predicted molar refractivity (Wildman–Crippen MR) is 89.6 cm³/mol. The van der Waals surface area contributed by atoms with Crippen molar-refractivity contribution in [1.29, 1.82) is 5.26 Å². The number of para-hydroxylation sites is 1. The SMILES string of the molecule is N#Cc1ccc(COC(=O)/C=C/c2nc3ccccc3s2)cc1. The van der Waals surface area contributed by atoms with Crippen molar-refractivity contribution in [1.82, 2.24) is 4.98 Å². The number of carbonyl (C=O) groups is 1. The summed E-state index contributed by atoms with van der Waals surface area (Å²) < 4.78 is 6.25. The standard InChI is InChI=1S/C18H12N2O2S/c19-11-13-5-7-14(8-6-13)12-22-18(21)10-9-17-20-15-3-1-2-4-16(15)23-17/h1-10H,12H2/b10-9+. The number of nitrogens with zero attached hydrogens (tertiary/aromatic N) is 2. The molecular weight excluding hydrogens is 308 g/mol. The second-order valence-electron chi connectivity index (χ2n) is 4.77. The molecule has 0 radical (unpaired) electrons. The fourth-order valence-corrected chi connectivity index (χ4v) is 2.85. The van der Waals surface area contributed by atoms with Crippen molar-refractivity contribution >= 4 is 33.6 Å². The second-order valence-corrected chi connectivity index (χ2v) is 5.83. The van der Waals surface area contributed by atoms with Crippen molar-refractivity contribution in [3.8, 4) is 6.07 Å². The first-order valence-corrected chi connectivity index (χ1v) is 7.76. The van der Waals surface area contributed by atoms with Crippen LogP contribution in [0.3, 0.4) is 0 Å².